The summed E-state index contributed by atoms with van der Waals surface area (Å²) in [5.74, 6) is 1.02. The standard InChI is InChI=1S/C18H20N2O6S/c21-18(16-3-1-10-24-16)19-6-2-7-20(9-8-19)27(22,23)14-4-5-15-17(13-14)26-12-11-25-15/h1,3-5,10,13H,2,6-9,11-12H2. The molecule has 2 aliphatic heterocycles. The van der Waals surface area contributed by atoms with Crippen molar-refractivity contribution in [3.63, 3.8) is 0 Å². The van der Waals surface area contributed by atoms with Crippen LogP contribution in [0.15, 0.2) is 45.9 Å². The Bertz CT molecular complexity index is 925. The summed E-state index contributed by atoms with van der Waals surface area (Å²) in [7, 11) is -3.69. The van der Waals surface area contributed by atoms with E-state index in [1.54, 1.807) is 23.1 Å². The van der Waals surface area contributed by atoms with Crippen LogP contribution < -0.4 is 9.47 Å². The van der Waals surface area contributed by atoms with Gasteiger partial charge in [0, 0.05) is 32.2 Å². The second-order valence-corrected chi connectivity index (χ2v) is 8.27. The summed E-state index contributed by atoms with van der Waals surface area (Å²) in [6.45, 7) is 2.20. The lowest BCUT2D eigenvalue weighted by atomic mass is 10.3. The maximum Gasteiger partial charge on any atom is 0.289 e. The van der Waals surface area contributed by atoms with Gasteiger partial charge in [-0.1, -0.05) is 0 Å². The van der Waals surface area contributed by atoms with Crippen molar-refractivity contribution in [1.29, 1.82) is 0 Å². The van der Waals surface area contributed by atoms with Gasteiger partial charge >= 0.3 is 0 Å². The number of hydrogen-bond acceptors (Lipinski definition) is 6. The number of sulfonamides is 1. The van der Waals surface area contributed by atoms with Gasteiger partial charge in [0.25, 0.3) is 5.91 Å². The molecule has 1 aromatic carbocycles. The second kappa shape index (κ2) is 7.24. The van der Waals surface area contributed by atoms with E-state index in [0.717, 1.165) is 0 Å². The Labute approximate surface area is 157 Å². The van der Waals surface area contributed by atoms with Crippen molar-refractivity contribution < 1.29 is 27.1 Å². The summed E-state index contributed by atoms with van der Waals surface area (Å²) in [4.78, 5) is 14.2. The minimum atomic E-state index is -3.69. The van der Waals surface area contributed by atoms with Gasteiger partial charge in [-0.05, 0) is 30.7 Å². The fourth-order valence-electron chi connectivity index (χ4n) is 3.23. The zero-order chi connectivity index (χ0) is 18.9. The quantitative estimate of drug-likeness (QED) is 0.788. The number of furan rings is 1. The largest absolute Gasteiger partial charge is 0.486 e. The molecule has 2 aromatic rings. The Morgan fingerprint density at radius 3 is 2.56 bits per heavy atom. The zero-order valence-electron chi connectivity index (χ0n) is 14.7. The number of amides is 1. The fraction of sp³-hybridized carbons (Fsp3) is 0.389. The molecule has 0 saturated carbocycles. The molecule has 0 aliphatic carbocycles. The van der Waals surface area contributed by atoms with Gasteiger partial charge in [0.1, 0.15) is 13.2 Å². The molecule has 1 fully saturated rings. The number of fused-ring (bicyclic) bond motifs is 1. The average molecular weight is 392 g/mol. The number of ether oxygens (including phenoxy) is 2. The van der Waals surface area contributed by atoms with Crippen LogP contribution in [0.2, 0.25) is 0 Å². The van der Waals surface area contributed by atoms with Crippen LogP contribution >= 0.6 is 0 Å². The van der Waals surface area contributed by atoms with Crippen molar-refractivity contribution in [2.45, 2.75) is 11.3 Å². The molecular formula is C18H20N2O6S. The maximum absolute atomic E-state index is 13.0. The molecule has 4 rings (SSSR count). The van der Waals surface area contributed by atoms with Gasteiger partial charge in [-0.3, -0.25) is 4.79 Å². The van der Waals surface area contributed by atoms with E-state index in [9.17, 15) is 13.2 Å². The monoisotopic (exact) mass is 392 g/mol. The molecule has 27 heavy (non-hydrogen) atoms. The van der Waals surface area contributed by atoms with Crippen LogP contribution in [0.5, 0.6) is 11.5 Å². The smallest absolute Gasteiger partial charge is 0.289 e. The van der Waals surface area contributed by atoms with E-state index in [1.165, 1.54) is 22.7 Å². The third-order valence-corrected chi connectivity index (χ3v) is 6.52. The third-order valence-electron chi connectivity index (χ3n) is 4.63. The van der Waals surface area contributed by atoms with Crippen molar-refractivity contribution in [2.75, 3.05) is 39.4 Å². The predicted octanol–water partition coefficient (Wildman–Crippen LogP) is 1.59. The van der Waals surface area contributed by atoms with E-state index in [-0.39, 0.29) is 23.1 Å². The molecule has 1 aromatic heterocycles. The van der Waals surface area contributed by atoms with Gasteiger partial charge in [0.15, 0.2) is 17.3 Å². The highest BCUT2D eigenvalue weighted by Gasteiger charge is 2.30. The van der Waals surface area contributed by atoms with Gasteiger partial charge < -0.3 is 18.8 Å². The zero-order valence-corrected chi connectivity index (χ0v) is 15.5. The molecule has 0 unspecified atom stereocenters. The van der Waals surface area contributed by atoms with E-state index in [0.29, 0.717) is 50.8 Å². The lowest BCUT2D eigenvalue weighted by molar-refractivity contribution is 0.0732. The van der Waals surface area contributed by atoms with E-state index in [4.69, 9.17) is 13.9 Å². The van der Waals surface area contributed by atoms with Crippen LogP contribution in [-0.4, -0.2) is 62.9 Å². The van der Waals surface area contributed by atoms with E-state index in [2.05, 4.69) is 0 Å². The Hall–Kier alpha value is -2.52. The van der Waals surface area contributed by atoms with Crippen molar-refractivity contribution >= 4 is 15.9 Å². The second-order valence-electron chi connectivity index (χ2n) is 6.33. The molecule has 0 spiro atoms. The van der Waals surface area contributed by atoms with Gasteiger partial charge in [0.2, 0.25) is 10.0 Å². The SMILES string of the molecule is O=C(c1ccco1)N1CCCN(S(=O)(=O)c2ccc3c(c2)OCCO3)CC1. The molecule has 0 atom stereocenters. The lowest BCUT2D eigenvalue weighted by Gasteiger charge is -2.23. The summed E-state index contributed by atoms with van der Waals surface area (Å²) in [6.07, 6.45) is 2.00. The highest BCUT2D eigenvalue weighted by Crippen LogP contribution is 2.33. The lowest BCUT2D eigenvalue weighted by Crippen LogP contribution is -2.37. The van der Waals surface area contributed by atoms with Gasteiger partial charge in [-0.2, -0.15) is 4.31 Å². The Morgan fingerprint density at radius 1 is 0.963 bits per heavy atom. The van der Waals surface area contributed by atoms with Crippen molar-refractivity contribution in [3.05, 3.63) is 42.4 Å². The molecule has 0 N–H and O–H groups in total. The van der Waals surface area contributed by atoms with Gasteiger partial charge in [0.05, 0.1) is 11.2 Å². The van der Waals surface area contributed by atoms with Gasteiger partial charge in [-0.25, -0.2) is 8.42 Å². The average Bonchev–Trinajstić information content (AvgIpc) is 3.11. The first-order chi connectivity index (χ1) is 13.1. The predicted molar refractivity (Wildman–Crippen MR) is 95.4 cm³/mol. The summed E-state index contributed by atoms with van der Waals surface area (Å²) >= 11 is 0. The van der Waals surface area contributed by atoms with E-state index in [1.807, 2.05) is 0 Å². The molecule has 8 nitrogen and oxygen atoms in total. The first-order valence-electron chi connectivity index (χ1n) is 8.78. The first kappa shape index (κ1) is 17.9. The van der Waals surface area contributed by atoms with E-state index >= 15 is 0 Å². The minimum absolute atomic E-state index is 0.164. The maximum atomic E-state index is 13.0. The molecule has 144 valence electrons. The molecule has 0 bridgehead atoms. The minimum Gasteiger partial charge on any atom is -0.486 e. The number of hydrogen-bond donors (Lipinski definition) is 0. The molecular weight excluding hydrogens is 372 g/mol. The van der Waals surface area contributed by atoms with Crippen molar-refractivity contribution in [3.8, 4) is 11.5 Å². The van der Waals surface area contributed by atoms with Crippen molar-refractivity contribution in [1.82, 2.24) is 9.21 Å². The van der Waals surface area contributed by atoms with Crippen LogP contribution in [-0.2, 0) is 10.0 Å². The number of carbonyl (C=O) groups excluding carboxylic acids is 1. The first-order valence-corrected chi connectivity index (χ1v) is 10.2. The highest BCUT2D eigenvalue weighted by molar-refractivity contribution is 7.89. The van der Waals surface area contributed by atoms with Crippen molar-refractivity contribution in [2.24, 2.45) is 0 Å². The number of rotatable bonds is 3. The molecule has 2 aliphatic rings. The Balaban J connectivity index is 1.50. The normalized spacial score (nSPS) is 18.1. The third kappa shape index (κ3) is 3.52. The number of benzene rings is 1. The molecule has 0 radical (unpaired) electrons. The van der Waals surface area contributed by atoms with Crippen LogP contribution in [0.1, 0.15) is 17.0 Å². The van der Waals surface area contributed by atoms with E-state index < -0.39 is 10.0 Å². The van der Waals surface area contributed by atoms with Crippen LogP contribution in [0.25, 0.3) is 0 Å². The molecule has 1 amide bonds. The fourth-order valence-corrected chi connectivity index (χ4v) is 4.71. The number of carbonyl (C=O) groups is 1. The summed E-state index contributed by atoms with van der Waals surface area (Å²) in [5.41, 5.74) is 0. The van der Waals surface area contributed by atoms with Crippen LogP contribution in [0.3, 0.4) is 0 Å². The van der Waals surface area contributed by atoms with Crippen LogP contribution in [0.4, 0.5) is 0 Å². The van der Waals surface area contributed by atoms with Gasteiger partial charge in [-0.15, -0.1) is 0 Å². The summed E-state index contributed by atoms with van der Waals surface area (Å²) in [6, 6.07) is 7.91. The highest BCUT2D eigenvalue weighted by atomic mass is 32.2. The summed E-state index contributed by atoms with van der Waals surface area (Å²) in [5, 5.41) is 0. The number of nitrogens with zero attached hydrogens (tertiary/aromatic N) is 2. The molecule has 9 heteroatoms. The Morgan fingerprint density at radius 2 is 1.78 bits per heavy atom. The topological polar surface area (TPSA) is 89.3 Å². The summed E-state index contributed by atoms with van der Waals surface area (Å²) < 4.78 is 43.6. The molecule has 1 saturated heterocycles. The molecule has 3 heterocycles. The van der Waals surface area contributed by atoms with Crippen LogP contribution in [0, 0.1) is 0 Å². The Kier molecular flexibility index (Phi) is 4.79.